The normalized spacial score (nSPS) is 14.8. The van der Waals surface area contributed by atoms with Gasteiger partial charge in [-0.2, -0.15) is 4.31 Å². The Bertz CT molecular complexity index is 1280. The predicted molar refractivity (Wildman–Crippen MR) is 125 cm³/mol. The first kappa shape index (κ1) is 23.7. The van der Waals surface area contributed by atoms with Crippen LogP contribution in [-0.2, 0) is 33.1 Å². The Morgan fingerprint density at radius 3 is 2.09 bits per heavy atom. The molecule has 0 unspecified atom stereocenters. The maximum Gasteiger partial charge on any atom is 0.243 e. The zero-order chi connectivity index (χ0) is 23.6. The monoisotopic (exact) mass is 488 g/mol. The van der Waals surface area contributed by atoms with Gasteiger partial charge in [-0.25, -0.2) is 21.6 Å². The molecular formula is C24H28N2O5S2. The summed E-state index contributed by atoms with van der Waals surface area (Å²) in [6, 6.07) is 16.6. The molecule has 0 saturated heterocycles. The van der Waals surface area contributed by atoms with Crippen molar-refractivity contribution in [1.82, 2.24) is 9.03 Å². The van der Waals surface area contributed by atoms with Gasteiger partial charge in [0, 0.05) is 12.6 Å². The summed E-state index contributed by atoms with van der Waals surface area (Å²) in [7, 11) is -7.57. The smallest absolute Gasteiger partial charge is 0.243 e. The summed E-state index contributed by atoms with van der Waals surface area (Å²) in [5, 5.41) is 0. The molecule has 33 heavy (non-hydrogen) atoms. The summed E-state index contributed by atoms with van der Waals surface area (Å²) in [6.45, 7) is 4.43. The summed E-state index contributed by atoms with van der Waals surface area (Å²) >= 11 is 0. The van der Waals surface area contributed by atoms with E-state index in [-0.39, 0.29) is 28.9 Å². The van der Waals surface area contributed by atoms with E-state index >= 15 is 0 Å². The van der Waals surface area contributed by atoms with Gasteiger partial charge in [-0.1, -0.05) is 38.1 Å². The molecule has 0 atom stereocenters. The Labute approximate surface area is 195 Å². The average molecular weight is 489 g/mol. The number of furan rings is 1. The van der Waals surface area contributed by atoms with Crippen molar-refractivity contribution in [2.75, 3.05) is 0 Å². The van der Waals surface area contributed by atoms with E-state index in [9.17, 15) is 16.8 Å². The quantitative estimate of drug-likeness (QED) is 0.461. The first-order chi connectivity index (χ1) is 15.6. The standard InChI is InChI=1S/C24H28N2O5S2/c1-18(2)20-7-5-19(6-8-20)16-26(17-22-4-3-15-31-22)33(29,30)24-13-11-23(12-14-24)32(27,28)25-21-9-10-21/h3-8,11-15,18,21,25H,9-10,16-17H2,1-2H3. The van der Waals surface area contributed by atoms with Crippen LogP contribution in [0.15, 0.2) is 81.1 Å². The lowest BCUT2D eigenvalue weighted by atomic mass is 10.0. The molecule has 2 aromatic carbocycles. The Morgan fingerprint density at radius 2 is 1.55 bits per heavy atom. The molecule has 1 aromatic heterocycles. The third kappa shape index (κ3) is 5.73. The van der Waals surface area contributed by atoms with Crippen molar-refractivity contribution in [3.8, 4) is 0 Å². The van der Waals surface area contributed by atoms with E-state index in [4.69, 9.17) is 4.42 Å². The molecule has 4 rings (SSSR count). The van der Waals surface area contributed by atoms with Crippen molar-refractivity contribution >= 4 is 20.0 Å². The number of hydrogen-bond donors (Lipinski definition) is 1. The van der Waals surface area contributed by atoms with Crippen molar-refractivity contribution in [3.05, 3.63) is 83.8 Å². The van der Waals surface area contributed by atoms with Gasteiger partial charge in [0.25, 0.3) is 0 Å². The van der Waals surface area contributed by atoms with Crippen LogP contribution in [0, 0.1) is 0 Å². The zero-order valence-corrected chi connectivity index (χ0v) is 20.3. The van der Waals surface area contributed by atoms with Crippen molar-refractivity contribution < 1.29 is 21.3 Å². The Balaban J connectivity index is 1.60. The number of benzene rings is 2. The largest absolute Gasteiger partial charge is 0.468 e. The number of hydrogen-bond acceptors (Lipinski definition) is 5. The summed E-state index contributed by atoms with van der Waals surface area (Å²) in [4.78, 5) is 0.0773. The first-order valence-corrected chi connectivity index (χ1v) is 13.8. The molecule has 1 heterocycles. The van der Waals surface area contributed by atoms with E-state index in [0.29, 0.717) is 11.7 Å². The van der Waals surface area contributed by atoms with Crippen LogP contribution in [-0.4, -0.2) is 27.2 Å². The third-order valence-electron chi connectivity index (χ3n) is 5.59. The maximum atomic E-state index is 13.5. The zero-order valence-electron chi connectivity index (χ0n) is 18.6. The van der Waals surface area contributed by atoms with E-state index in [2.05, 4.69) is 18.6 Å². The van der Waals surface area contributed by atoms with E-state index < -0.39 is 20.0 Å². The predicted octanol–water partition coefficient (Wildman–Crippen LogP) is 4.23. The minimum atomic E-state index is -3.92. The van der Waals surface area contributed by atoms with E-state index in [1.165, 1.54) is 40.4 Å². The summed E-state index contributed by atoms with van der Waals surface area (Å²) < 4.78 is 61.2. The lowest BCUT2D eigenvalue weighted by molar-refractivity contribution is 0.358. The molecule has 1 fully saturated rings. The van der Waals surface area contributed by atoms with Crippen LogP contribution >= 0.6 is 0 Å². The highest BCUT2D eigenvalue weighted by molar-refractivity contribution is 7.89. The molecule has 0 bridgehead atoms. The van der Waals surface area contributed by atoms with Gasteiger partial charge < -0.3 is 4.42 Å². The van der Waals surface area contributed by atoms with Gasteiger partial charge in [-0.3, -0.25) is 0 Å². The second-order valence-corrected chi connectivity index (χ2v) is 12.3. The molecule has 176 valence electrons. The molecule has 0 amide bonds. The molecule has 1 aliphatic carbocycles. The van der Waals surface area contributed by atoms with Crippen molar-refractivity contribution in [3.63, 3.8) is 0 Å². The lowest BCUT2D eigenvalue weighted by Crippen LogP contribution is -2.30. The summed E-state index contributed by atoms with van der Waals surface area (Å²) in [5.41, 5.74) is 2.03. The number of nitrogens with zero attached hydrogens (tertiary/aromatic N) is 1. The lowest BCUT2D eigenvalue weighted by Gasteiger charge is -2.22. The minimum Gasteiger partial charge on any atom is -0.468 e. The fourth-order valence-corrected chi connectivity index (χ4v) is 6.14. The van der Waals surface area contributed by atoms with Crippen LogP contribution in [0.25, 0.3) is 0 Å². The van der Waals surface area contributed by atoms with Crippen LogP contribution in [0.5, 0.6) is 0 Å². The Kier molecular flexibility index (Phi) is 6.76. The average Bonchev–Trinajstić information content (AvgIpc) is 3.43. The third-order valence-corrected chi connectivity index (χ3v) is 8.93. The van der Waals surface area contributed by atoms with Crippen molar-refractivity contribution in [2.24, 2.45) is 0 Å². The van der Waals surface area contributed by atoms with Gasteiger partial charge in [0.2, 0.25) is 20.0 Å². The van der Waals surface area contributed by atoms with Gasteiger partial charge in [0.05, 0.1) is 22.6 Å². The fraction of sp³-hybridized carbons (Fsp3) is 0.333. The van der Waals surface area contributed by atoms with Crippen molar-refractivity contribution in [2.45, 2.75) is 61.5 Å². The van der Waals surface area contributed by atoms with E-state index in [1.54, 1.807) is 12.1 Å². The molecule has 9 heteroatoms. The van der Waals surface area contributed by atoms with Crippen LogP contribution < -0.4 is 4.72 Å². The molecule has 7 nitrogen and oxygen atoms in total. The van der Waals surface area contributed by atoms with Crippen LogP contribution in [0.3, 0.4) is 0 Å². The molecule has 0 spiro atoms. The fourth-order valence-electron chi connectivity index (χ4n) is 3.44. The molecule has 0 radical (unpaired) electrons. The molecule has 1 N–H and O–H groups in total. The molecule has 1 saturated carbocycles. The topological polar surface area (TPSA) is 96.7 Å². The number of sulfonamides is 2. The van der Waals surface area contributed by atoms with Gasteiger partial charge in [-0.05, 0) is 66.3 Å². The highest BCUT2D eigenvalue weighted by atomic mass is 32.2. The summed E-state index contributed by atoms with van der Waals surface area (Å²) in [6.07, 6.45) is 3.15. The van der Waals surface area contributed by atoms with Gasteiger partial charge >= 0.3 is 0 Å². The first-order valence-electron chi connectivity index (χ1n) is 10.9. The number of rotatable bonds is 10. The molecule has 0 aliphatic heterocycles. The van der Waals surface area contributed by atoms with Gasteiger partial charge in [0.15, 0.2) is 0 Å². The maximum absolute atomic E-state index is 13.5. The second kappa shape index (κ2) is 9.42. The van der Waals surface area contributed by atoms with Gasteiger partial charge in [-0.15, -0.1) is 0 Å². The Hall–Kier alpha value is -2.46. The molecular weight excluding hydrogens is 460 g/mol. The van der Waals surface area contributed by atoms with E-state index in [1.807, 2.05) is 24.3 Å². The second-order valence-electron chi connectivity index (χ2n) is 8.62. The van der Waals surface area contributed by atoms with E-state index in [0.717, 1.165) is 18.4 Å². The SMILES string of the molecule is CC(C)c1ccc(CN(Cc2ccco2)S(=O)(=O)c2ccc(S(=O)(=O)NC3CC3)cc2)cc1. The van der Waals surface area contributed by atoms with Gasteiger partial charge in [0.1, 0.15) is 5.76 Å². The minimum absolute atomic E-state index is 0.0238. The van der Waals surface area contributed by atoms with Crippen molar-refractivity contribution in [1.29, 1.82) is 0 Å². The summed E-state index contributed by atoms with van der Waals surface area (Å²) in [5.74, 6) is 0.899. The van der Waals surface area contributed by atoms with Crippen LogP contribution in [0.2, 0.25) is 0 Å². The number of nitrogens with one attached hydrogen (secondary N) is 1. The van der Waals surface area contributed by atoms with Crippen LogP contribution in [0.1, 0.15) is 49.5 Å². The highest BCUT2D eigenvalue weighted by Crippen LogP contribution is 2.25. The molecule has 3 aromatic rings. The Morgan fingerprint density at radius 1 is 0.909 bits per heavy atom. The van der Waals surface area contributed by atoms with Crippen LogP contribution in [0.4, 0.5) is 0 Å². The highest BCUT2D eigenvalue weighted by Gasteiger charge is 2.29. The molecule has 1 aliphatic rings.